The first kappa shape index (κ1) is 13.9. The molecule has 0 saturated carbocycles. The van der Waals surface area contributed by atoms with Crippen molar-refractivity contribution in [2.75, 3.05) is 39.2 Å². The van der Waals surface area contributed by atoms with Crippen molar-refractivity contribution in [1.82, 2.24) is 4.90 Å². The Labute approximate surface area is 114 Å². The molecule has 1 unspecified atom stereocenters. The summed E-state index contributed by atoms with van der Waals surface area (Å²) in [6.45, 7) is 2.56. The fourth-order valence-corrected chi connectivity index (χ4v) is 2.29. The Kier molecular flexibility index (Phi) is 4.80. The Morgan fingerprint density at radius 3 is 2.89 bits per heavy atom. The SMILES string of the molecule is CN(C)C(=O)c1ccccc1NCC1CCCOC1. The molecule has 104 valence electrons. The summed E-state index contributed by atoms with van der Waals surface area (Å²) in [4.78, 5) is 13.7. The van der Waals surface area contributed by atoms with Gasteiger partial charge in [0.05, 0.1) is 12.2 Å². The van der Waals surface area contributed by atoms with Crippen molar-refractivity contribution >= 4 is 11.6 Å². The van der Waals surface area contributed by atoms with Crippen LogP contribution in [0.3, 0.4) is 0 Å². The standard InChI is InChI=1S/C15H22N2O2/c1-17(2)15(18)13-7-3-4-8-14(13)16-10-12-6-5-9-19-11-12/h3-4,7-8,12,16H,5-6,9-11H2,1-2H3. The lowest BCUT2D eigenvalue weighted by Gasteiger charge is -2.23. The lowest BCUT2D eigenvalue weighted by Crippen LogP contribution is -2.26. The molecule has 1 atom stereocenters. The molecule has 1 saturated heterocycles. The van der Waals surface area contributed by atoms with Crippen molar-refractivity contribution in [2.45, 2.75) is 12.8 Å². The van der Waals surface area contributed by atoms with Crippen molar-refractivity contribution in [3.8, 4) is 0 Å². The number of carbonyl (C=O) groups excluding carboxylic acids is 1. The minimum atomic E-state index is 0.0306. The average Bonchev–Trinajstić information content (AvgIpc) is 2.45. The number of benzene rings is 1. The van der Waals surface area contributed by atoms with Crippen molar-refractivity contribution in [3.63, 3.8) is 0 Å². The number of rotatable bonds is 4. The second kappa shape index (κ2) is 6.57. The highest BCUT2D eigenvalue weighted by atomic mass is 16.5. The smallest absolute Gasteiger partial charge is 0.255 e. The van der Waals surface area contributed by atoms with Crippen LogP contribution in [-0.2, 0) is 4.74 Å². The molecular weight excluding hydrogens is 240 g/mol. The number of hydrogen-bond donors (Lipinski definition) is 1. The minimum Gasteiger partial charge on any atom is -0.384 e. The number of nitrogens with one attached hydrogen (secondary N) is 1. The van der Waals surface area contributed by atoms with Crippen LogP contribution in [0.25, 0.3) is 0 Å². The van der Waals surface area contributed by atoms with E-state index in [1.165, 1.54) is 6.42 Å². The zero-order valence-electron chi connectivity index (χ0n) is 11.7. The van der Waals surface area contributed by atoms with Gasteiger partial charge in [-0.1, -0.05) is 12.1 Å². The first-order chi connectivity index (χ1) is 9.18. The van der Waals surface area contributed by atoms with E-state index in [1.54, 1.807) is 19.0 Å². The summed E-state index contributed by atoms with van der Waals surface area (Å²) in [6, 6.07) is 7.67. The molecule has 0 spiro atoms. The molecular formula is C15H22N2O2. The van der Waals surface area contributed by atoms with Gasteiger partial charge in [0.1, 0.15) is 0 Å². The van der Waals surface area contributed by atoms with Gasteiger partial charge in [0.25, 0.3) is 5.91 Å². The summed E-state index contributed by atoms with van der Waals surface area (Å²) in [5.74, 6) is 0.569. The third-order valence-electron chi connectivity index (χ3n) is 3.40. The van der Waals surface area contributed by atoms with Gasteiger partial charge >= 0.3 is 0 Å². The molecule has 0 aliphatic carbocycles. The maximum absolute atomic E-state index is 12.1. The van der Waals surface area contributed by atoms with Crippen LogP contribution in [0.5, 0.6) is 0 Å². The maximum atomic E-state index is 12.1. The van der Waals surface area contributed by atoms with Crippen LogP contribution in [0.1, 0.15) is 23.2 Å². The summed E-state index contributed by atoms with van der Waals surface area (Å²) >= 11 is 0. The minimum absolute atomic E-state index is 0.0306. The average molecular weight is 262 g/mol. The number of carbonyl (C=O) groups is 1. The van der Waals surface area contributed by atoms with Crippen LogP contribution in [0.15, 0.2) is 24.3 Å². The van der Waals surface area contributed by atoms with Gasteiger partial charge in [-0.3, -0.25) is 4.79 Å². The lowest BCUT2D eigenvalue weighted by atomic mass is 10.0. The highest BCUT2D eigenvalue weighted by Gasteiger charge is 2.16. The second-order valence-electron chi connectivity index (χ2n) is 5.21. The van der Waals surface area contributed by atoms with E-state index in [1.807, 2.05) is 24.3 Å². The van der Waals surface area contributed by atoms with E-state index >= 15 is 0 Å². The molecule has 1 aliphatic rings. The van der Waals surface area contributed by atoms with E-state index in [0.717, 1.165) is 37.4 Å². The molecule has 2 rings (SSSR count). The van der Waals surface area contributed by atoms with E-state index in [2.05, 4.69) is 5.32 Å². The van der Waals surface area contributed by atoms with Gasteiger partial charge in [-0.25, -0.2) is 0 Å². The number of para-hydroxylation sites is 1. The number of ether oxygens (including phenoxy) is 1. The van der Waals surface area contributed by atoms with Crippen LogP contribution < -0.4 is 5.32 Å². The molecule has 1 fully saturated rings. The van der Waals surface area contributed by atoms with Crippen molar-refractivity contribution in [1.29, 1.82) is 0 Å². The predicted octanol–water partition coefficient (Wildman–Crippen LogP) is 2.23. The summed E-state index contributed by atoms with van der Waals surface area (Å²) in [5.41, 5.74) is 1.64. The summed E-state index contributed by atoms with van der Waals surface area (Å²) in [6.07, 6.45) is 2.32. The molecule has 4 nitrogen and oxygen atoms in total. The number of hydrogen-bond acceptors (Lipinski definition) is 3. The first-order valence-corrected chi connectivity index (χ1v) is 6.81. The summed E-state index contributed by atoms with van der Waals surface area (Å²) in [5, 5.41) is 3.39. The van der Waals surface area contributed by atoms with Gasteiger partial charge in [0, 0.05) is 32.9 Å². The van der Waals surface area contributed by atoms with Gasteiger partial charge < -0.3 is 15.0 Å². The molecule has 0 aromatic heterocycles. The van der Waals surface area contributed by atoms with Gasteiger partial charge in [-0.15, -0.1) is 0 Å². The fraction of sp³-hybridized carbons (Fsp3) is 0.533. The van der Waals surface area contributed by atoms with Gasteiger partial charge in [0.15, 0.2) is 0 Å². The highest BCUT2D eigenvalue weighted by Crippen LogP contribution is 2.19. The van der Waals surface area contributed by atoms with Crippen LogP contribution >= 0.6 is 0 Å². The molecule has 4 heteroatoms. The second-order valence-corrected chi connectivity index (χ2v) is 5.21. The van der Waals surface area contributed by atoms with Crippen LogP contribution in [-0.4, -0.2) is 44.7 Å². The summed E-state index contributed by atoms with van der Waals surface area (Å²) in [7, 11) is 3.54. The fourth-order valence-electron chi connectivity index (χ4n) is 2.29. The normalized spacial score (nSPS) is 18.9. The largest absolute Gasteiger partial charge is 0.384 e. The Bertz CT molecular complexity index is 426. The molecule has 0 bridgehead atoms. The Morgan fingerprint density at radius 2 is 2.21 bits per heavy atom. The van der Waals surface area contributed by atoms with E-state index in [-0.39, 0.29) is 5.91 Å². The number of anilines is 1. The Balaban J connectivity index is 2.01. The zero-order valence-corrected chi connectivity index (χ0v) is 11.7. The van der Waals surface area contributed by atoms with Crippen molar-refractivity contribution in [2.24, 2.45) is 5.92 Å². The van der Waals surface area contributed by atoms with Crippen molar-refractivity contribution < 1.29 is 9.53 Å². The molecule has 19 heavy (non-hydrogen) atoms. The van der Waals surface area contributed by atoms with Crippen molar-refractivity contribution in [3.05, 3.63) is 29.8 Å². The van der Waals surface area contributed by atoms with E-state index in [9.17, 15) is 4.79 Å². The van der Waals surface area contributed by atoms with Gasteiger partial charge in [-0.05, 0) is 30.9 Å². The zero-order chi connectivity index (χ0) is 13.7. The van der Waals surface area contributed by atoms with Gasteiger partial charge in [-0.2, -0.15) is 0 Å². The molecule has 1 aromatic rings. The van der Waals surface area contributed by atoms with Gasteiger partial charge in [0.2, 0.25) is 0 Å². The third kappa shape index (κ3) is 3.70. The number of amides is 1. The third-order valence-corrected chi connectivity index (χ3v) is 3.40. The topological polar surface area (TPSA) is 41.6 Å². The molecule has 1 aromatic carbocycles. The molecule has 0 radical (unpaired) electrons. The lowest BCUT2D eigenvalue weighted by molar-refractivity contribution is 0.0595. The molecule has 1 N–H and O–H groups in total. The quantitative estimate of drug-likeness (QED) is 0.904. The molecule has 1 aliphatic heterocycles. The van der Waals surface area contributed by atoms with E-state index in [4.69, 9.17) is 4.74 Å². The number of nitrogens with zero attached hydrogens (tertiary/aromatic N) is 1. The molecule has 1 heterocycles. The van der Waals surface area contributed by atoms with E-state index in [0.29, 0.717) is 5.92 Å². The molecule has 1 amide bonds. The van der Waals surface area contributed by atoms with Crippen LogP contribution in [0, 0.1) is 5.92 Å². The summed E-state index contributed by atoms with van der Waals surface area (Å²) < 4.78 is 5.47. The predicted molar refractivity (Wildman–Crippen MR) is 76.5 cm³/mol. The van der Waals surface area contributed by atoms with Crippen LogP contribution in [0.2, 0.25) is 0 Å². The maximum Gasteiger partial charge on any atom is 0.255 e. The van der Waals surface area contributed by atoms with E-state index < -0.39 is 0 Å². The highest BCUT2D eigenvalue weighted by molar-refractivity contribution is 5.99. The first-order valence-electron chi connectivity index (χ1n) is 6.81. The Morgan fingerprint density at radius 1 is 1.42 bits per heavy atom. The van der Waals surface area contributed by atoms with Crippen LogP contribution in [0.4, 0.5) is 5.69 Å². The monoisotopic (exact) mass is 262 g/mol. The Hall–Kier alpha value is -1.55.